The highest BCUT2D eigenvalue weighted by molar-refractivity contribution is 5.51. The maximum Gasteiger partial charge on any atom is 0.133 e. The Bertz CT molecular complexity index is 607. The van der Waals surface area contributed by atoms with Gasteiger partial charge in [0.1, 0.15) is 18.0 Å². The van der Waals surface area contributed by atoms with Gasteiger partial charge in [-0.25, -0.2) is 15.0 Å². The molecular weight excluding hydrogens is 250 g/mol. The van der Waals surface area contributed by atoms with Gasteiger partial charge in [0.2, 0.25) is 0 Å². The number of nitrogens with one attached hydrogen (secondary N) is 1. The molecule has 1 saturated heterocycles. The van der Waals surface area contributed by atoms with Crippen LogP contribution in [-0.2, 0) is 12.8 Å². The average molecular weight is 267 g/mol. The van der Waals surface area contributed by atoms with Gasteiger partial charge in [0.25, 0.3) is 0 Å². The van der Waals surface area contributed by atoms with Crippen molar-refractivity contribution in [1.82, 2.24) is 15.0 Å². The molecule has 2 aliphatic rings. The second kappa shape index (κ2) is 4.74. The van der Waals surface area contributed by atoms with Gasteiger partial charge in [-0.1, -0.05) is 6.07 Å². The molecule has 0 bridgehead atoms. The summed E-state index contributed by atoms with van der Waals surface area (Å²) in [6.45, 7) is 1.96. The summed E-state index contributed by atoms with van der Waals surface area (Å²) in [6, 6.07) is 6.49. The van der Waals surface area contributed by atoms with Crippen LogP contribution >= 0.6 is 0 Å². The first-order valence-electron chi connectivity index (χ1n) is 7.15. The van der Waals surface area contributed by atoms with Crippen LogP contribution in [0.2, 0.25) is 0 Å². The molecule has 1 aliphatic heterocycles. The second-order valence-electron chi connectivity index (χ2n) is 5.44. The fourth-order valence-electron chi connectivity index (χ4n) is 2.98. The van der Waals surface area contributed by atoms with Crippen molar-refractivity contribution in [3.8, 4) is 0 Å². The van der Waals surface area contributed by atoms with Crippen LogP contribution in [0, 0.1) is 0 Å². The van der Waals surface area contributed by atoms with Crippen LogP contribution in [0.4, 0.5) is 11.6 Å². The minimum absolute atomic E-state index is 0.455. The van der Waals surface area contributed by atoms with E-state index in [-0.39, 0.29) is 0 Å². The summed E-state index contributed by atoms with van der Waals surface area (Å²) in [5.74, 6) is 2.09. The minimum atomic E-state index is 0.455. The molecule has 2 aromatic heterocycles. The molecule has 0 amide bonds. The first-order valence-corrected chi connectivity index (χ1v) is 7.15. The highest BCUT2D eigenvalue weighted by Gasteiger charge is 2.29. The third-order valence-corrected chi connectivity index (χ3v) is 4.07. The number of rotatable bonds is 3. The molecule has 1 aliphatic carbocycles. The standard InChI is InChI=1S/C15H17N5/c1-2-7-16-14(6-1)20-8-11(9-20)19-15-12-4-3-5-13(12)17-10-18-15/h1-2,6-7,10-11H,3-5,8-9H2,(H,17,18,19). The Hall–Kier alpha value is -2.17. The fraction of sp³-hybridized carbons (Fsp3) is 0.400. The smallest absolute Gasteiger partial charge is 0.133 e. The highest BCUT2D eigenvalue weighted by Crippen LogP contribution is 2.27. The Morgan fingerprint density at radius 3 is 2.90 bits per heavy atom. The van der Waals surface area contributed by atoms with Gasteiger partial charge in [-0.2, -0.15) is 0 Å². The topological polar surface area (TPSA) is 53.9 Å². The number of hydrogen-bond acceptors (Lipinski definition) is 5. The number of fused-ring (bicyclic) bond motifs is 1. The third-order valence-electron chi connectivity index (χ3n) is 4.07. The zero-order chi connectivity index (χ0) is 13.4. The first kappa shape index (κ1) is 11.6. The average Bonchev–Trinajstić information content (AvgIpc) is 2.92. The SMILES string of the molecule is c1ccc(N2CC(Nc3ncnc4c3CCC4)C2)nc1. The molecule has 5 nitrogen and oxygen atoms in total. The molecule has 0 radical (unpaired) electrons. The highest BCUT2D eigenvalue weighted by atomic mass is 15.3. The molecule has 3 heterocycles. The molecule has 0 unspecified atom stereocenters. The lowest BCUT2D eigenvalue weighted by Crippen LogP contribution is -2.55. The van der Waals surface area contributed by atoms with Crippen LogP contribution in [0.1, 0.15) is 17.7 Å². The van der Waals surface area contributed by atoms with Crippen molar-refractivity contribution >= 4 is 11.6 Å². The Balaban J connectivity index is 1.42. The van der Waals surface area contributed by atoms with Gasteiger partial charge in [0, 0.05) is 30.5 Å². The van der Waals surface area contributed by atoms with E-state index in [0.29, 0.717) is 6.04 Å². The van der Waals surface area contributed by atoms with E-state index in [1.807, 2.05) is 18.3 Å². The van der Waals surface area contributed by atoms with Crippen LogP contribution < -0.4 is 10.2 Å². The Labute approximate surface area is 118 Å². The molecule has 0 saturated carbocycles. The van der Waals surface area contributed by atoms with Gasteiger partial charge in [-0.15, -0.1) is 0 Å². The summed E-state index contributed by atoms with van der Waals surface area (Å²) in [5.41, 5.74) is 2.55. The zero-order valence-electron chi connectivity index (χ0n) is 11.3. The van der Waals surface area contributed by atoms with Crippen LogP contribution in [0.3, 0.4) is 0 Å². The van der Waals surface area contributed by atoms with Crippen molar-refractivity contribution in [2.75, 3.05) is 23.3 Å². The number of aryl methyl sites for hydroxylation is 1. The van der Waals surface area contributed by atoms with Crippen LogP contribution in [0.15, 0.2) is 30.7 Å². The van der Waals surface area contributed by atoms with Gasteiger partial charge >= 0.3 is 0 Å². The summed E-state index contributed by atoms with van der Waals surface area (Å²) in [4.78, 5) is 15.4. The van der Waals surface area contributed by atoms with E-state index in [4.69, 9.17) is 0 Å². The molecule has 1 N–H and O–H groups in total. The van der Waals surface area contributed by atoms with Crippen molar-refractivity contribution in [3.05, 3.63) is 42.0 Å². The summed E-state index contributed by atoms with van der Waals surface area (Å²) in [6.07, 6.45) is 6.93. The zero-order valence-corrected chi connectivity index (χ0v) is 11.3. The largest absolute Gasteiger partial charge is 0.363 e. The summed E-state index contributed by atoms with van der Waals surface area (Å²) in [5, 5.41) is 3.56. The molecule has 1 fully saturated rings. The molecule has 2 aromatic rings. The van der Waals surface area contributed by atoms with Crippen LogP contribution in [0.25, 0.3) is 0 Å². The van der Waals surface area contributed by atoms with E-state index in [0.717, 1.165) is 37.6 Å². The quantitative estimate of drug-likeness (QED) is 0.916. The van der Waals surface area contributed by atoms with E-state index < -0.39 is 0 Å². The fourth-order valence-corrected chi connectivity index (χ4v) is 2.98. The Morgan fingerprint density at radius 2 is 2.05 bits per heavy atom. The number of pyridine rings is 1. The van der Waals surface area contributed by atoms with Crippen LogP contribution in [0.5, 0.6) is 0 Å². The molecular formula is C15H17N5. The molecule has 5 heteroatoms. The van der Waals surface area contributed by atoms with Gasteiger partial charge in [-0.3, -0.25) is 0 Å². The van der Waals surface area contributed by atoms with Crippen molar-refractivity contribution in [1.29, 1.82) is 0 Å². The monoisotopic (exact) mass is 267 g/mol. The maximum absolute atomic E-state index is 4.41. The van der Waals surface area contributed by atoms with Gasteiger partial charge in [-0.05, 0) is 31.4 Å². The lowest BCUT2D eigenvalue weighted by atomic mass is 10.1. The van der Waals surface area contributed by atoms with E-state index in [9.17, 15) is 0 Å². The van der Waals surface area contributed by atoms with Crippen LogP contribution in [-0.4, -0.2) is 34.1 Å². The number of hydrogen-bond donors (Lipinski definition) is 1. The number of aromatic nitrogens is 3. The number of anilines is 2. The van der Waals surface area contributed by atoms with Gasteiger partial charge in [0.05, 0.1) is 6.04 Å². The van der Waals surface area contributed by atoms with E-state index >= 15 is 0 Å². The first-order chi connectivity index (χ1) is 9.90. The molecule has 102 valence electrons. The summed E-state index contributed by atoms with van der Waals surface area (Å²) < 4.78 is 0. The van der Waals surface area contributed by atoms with Gasteiger partial charge in [0.15, 0.2) is 0 Å². The lowest BCUT2D eigenvalue weighted by molar-refractivity contribution is 0.542. The van der Waals surface area contributed by atoms with Crippen molar-refractivity contribution in [3.63, 3.8) is 0 Å². The van der Waals surface area contributed by atoms with E-state index in [1.54, 1.807) is 6.33 Å². The summed E-state index contributed by atoms with van der Waals surface area (Å²) >= 11 is 0. The Kier molecular flexibility index (Phi) is 2.76. The maximum atomic E-state index is 4.41. The van der Waals surface area contributed by atoms with Crippen molar-refractivity contribution in [2.45, 2.75) is 25.3 Å². The Morgan fingerprint density at radius 1 is 1.10 bits per heavy atom. The second-order valence-corrected chi connectivity index (χ2v) is 5.44. The molecule has 20 heavy (non-hydrogen) atoms. The number of nitrogens with zero attached hydrogens (tertiary/aromatic N) is 4. The molecule has 0 atom stereocenters. The van der Waals surface area contributed by atoms with E-state index in [1.165, 1.54) is 17.7 Å². The van der Waals surface area contributed by atoms with E-state index in [2.05, 4.69) is 31.2 Å². The predicted octanol–water partition coefficient (Wildman–Crippen LogP) is 1.66. The molecule has 0 aromatic carbocycles. The third kappa shape index (κ3) is 1.99. The van der Waals surface area contributed by atoms with Crippen molar-refractivity contribution < 1.29 is 0 Å². The van der Waals surface area contributed by atoms with Crippen molar-refractivity contribution in [2.24, 2.45) is 0 Å². The molecule has 0 spiro atoms. The lowest BCUT2D eigenvalue weighted by Gasteiger charge is -2.40. The normalized spacial score (nSPS) is 17.7. The molecule has 4 rings (SSSR count). The predicted molar refractivity (Wildman–Crippen MR) is 77.9 cm³/mol. The minimum Gasteiger partial charge on any atom is -0.363 e. The summed E-state index contributed by atoms with van der Waals surface area (Å²) in [7, 11) is 0. The van der Waals surface area contributed by atoms with Gasteiger partial charge < -0.3 is 10.2 Å².